The minimum absolute atomic E-state index is 0.148. The molecule has 6 nitrogen and oxygen atoms in total. The van der Waals surface area contributed by atoms with Gasteiger partial charge >= 0.3 is 6.01 Å². The molecule has 3 rings (SSSR count). The number of hydrogen-bond donors (Lipinski definition) is 1. The summed E-state index contributed by atoms with van der Waals surface area (Å²) < 4.78 is 35.7. The number of aryl methyl sites for hydroxylation is 1. The summed E-state index contributed by atoms with van der Waals surface area (Å²) in [5, 5.41) is 0.507. The monoisotopic (exact) mass is 433 g/mol. The number of nitrogens with one attached hydrogen (secondary N) is 1. The molecule has 0 aliphatic carbocycles. The molecule has 0 saturated heterocycles. The van der Waals surface area contributed by atoms with Crippen LogP contribution in [0.3, 0.4) is 0 Å². The van der Waals surface area contributed by atoms with Gasteiger partial charge in [0.05, 0.1) is 23.7 Å². The summed E-state index contributed by atoms with van der Waals surface area (Å²) in [6.07, 6.45) is 1.64. The highest BCUT2D eigenvalue weighted by atomic mass is 35.5. The number of nitrogens with zero attached hydrogens (tertiary/aromatic N) is 2. The molecule has 2 aromatic carbocycles. The van der Waals surface area contributed by atoms with E-state index in [2.05, 4.69) is 9.71 Å². The predicted molar refractivity (Wildman–Crippen MR) is 115 cm³/mol. The van der Waals surface area contributed by atoms with E-state index in [0.717, 1.165) is 11.3 Å². The number of imidazole rings is 1. The van der Waals surface area contributed by atoms with Crippen molar-refractivity contribution in [1.29, 1.82) is 0 Å². The maximum Gasteiger partial charge on any atom is 0.302 e. The van der Waals surface area contributed by atoms with Crippen molar-refractivity contribution >= 4 is 21.6 Å². The Morgan fingerprint density at radius 1 is 1.21 bits per heavy atom. The fourth-order valence-electron chi connectivity index (χ4n) is 3.05. The predicted octanol–water partition coefficient (Wildman–Crippen LogP) is 4.84. The lowest BCUT2D eigenvalue weighted by molar-refractivity contribution is 0.408. The molecule has 0 amide bonds. The van der Waals surface area contributed by atoms with E-state index in [1.165, 1.54) is 0 Å². The fraction of sp³-hybridized carbons (Fsp3) is 0.286. The highest BCUT2D eigenvalue weighted by Crippen LogP contribution is 2.25. The summed E-state index contributed by atoms with van der Waals surface area (Å²) in [6, 6.07) is 14.5. The number of ether oxygens (including phenoxy) is 1. The van der Waals surface area contributed by atoms with Gasteiger partial charge in [-0.15, -0.1) is 0 Å². The molecule has 1 aromatic heterocycles. The van der Waals surface area contributed by atoms with Crippen LogP contribution in [-0.2, 0) is 22.3 Å². The molecule has 0 radical (unpaired) electrons. The summed E-state index contributed by atoms with van der Waals surface area (Å²) >= 11 is 5.95. The van der Waals surface area contributed by atoms with Gasteiger partial charge in [-0.1, -0.05) is 41.4 Å². The van der Waals surface area contributed by atoms with Gasteiger partial charge in [0, 0.05) is 11.6 Å². The Kier molecular flexibility index (Phi) is 6.62. The molecule has 0 aliphatic rings. The number of benzene rings is 2. The van der Waals surface area contributed by atoms with Gasteiger partial charge in [0.25, 0.3) is 0 Å². The van der Waals surface area contributed by atoms with Crippen LogP contribution >= 0.6 is 11.6 Å². The van der Waals surface area contributed by atoms with Crippen molar-refractivity contribution in [3.05, 3.63) is 76.6 Å². The molecule has 29 heavy (non-hydrogen) atoms. The van der Waals surface area contributed by atoms with Crippen LogP contribution in [0.5, 0.6) is 11.8 Å². The third-order valence-corrected chi connectivity index (χ3v) is 6.10. The van der Waals surface area contributed by atoms with E-state index in [1.807, 2.05) is 42.7 Å². The summed E-state index contributed by atoms with van der Waals surface area (Å²) in [5.41, 5.74) is 2.49. The molecule has 0 aliphatic heterocycles. The lowest BCUT2D eigenvalue weighted by atomic mass is 10.2. The Hall–Kier alpha value is -2.35. The normalized spacial score (nSPS) is 12.7. The van der Waals surface area contributed by atoms with Crippen molar-refractivity contribution in [2.24, 2.45) is 0 Å². The minimum Gasteiger partial charge on any atom is -0.426 e. The SMILES string of the molecule is CCn1c(C(C)NS(=O)(=O)Cc2cccc(Cl)c2)cnc1Oc1ccc(C)cc1. The van der Waals surface area contributed by atoms with E-state index in [9.17, 15) is 8.42 Å². The first-order valence-corrected chi connectivity index (χ1v) is 11.3. The zero-order chi connectivity index (χ0) is 21.0. The van der Waals surface area contributed by atoms with E-state index in [0.29, 0.717) is 28.9 Å². The zero-order valence-electron chi connectivity index (χ0n) is 16.6. The zero-order valence-corrected chi connectivity index (χ0v) is 18.2. The van der Waals surface area contributed by atoms with Crippen molar-refractivity contribution in [2.45, 2.75) is 39.1 Å². The van der Waals surface area contributed by atoms with Crippen LogP contribution < -0.4 is 9.46 Å². The van der Waals surface area contributed by atoms with Crippen LogP contribution in [0.25, 0.3) is 0 Å². The number of aromatic nitrogens is 2. The number of halogens is 1. The first-order valence-electron chi connectivity index (χ1n) is 9.32. The van der Waals surface area contributed by atoms with Gasteiger partial charge in [0.15, 0.2) is 0 Å². The Balaban J connectivity index is 1.75. The van der Waals surface area contributed by atoms with E-state index in [-0.39, 0.29) is 5.75 Å². The molecule has 1 unspecified atom stereocenters. The summed E-state index contributed by atoms with van der Waals surface area (Å²) in [5.74, 6) is 0.530. The van der Waals surface area contributed by atoms with Crippen molar-refractivity contribution in [3.63, 3.8) is 0 Å². The Bertz CT molecular complexity index is 1080. The maximum atomic E-state index is 12.6. The summed E-state index contributed by atoms with van der Waals surface area (Å²) in [7, 11) is -3.57. The third kappa shape index (κ3) is 5.59. The minimum atomic E-state index is -3.57. The highest BCUT2D eigenvalue weighted by molar-refractivity contribution is 7.88. The van der Waals surface area contributed by atoms with E-state index in [1.54, 1.807) is 37.4 Å². The molecule has 1 N–H and O–H groups in total. The second-order valence-corrected chi connectivity index (χ2v) is 9.04. The van der Waals surface area contributed by atoms with Crippen molar-refractivity contribution in [2.75, 3.05) is 0 Å². The van der Waals surface area contributed by atoms with Gasteiger partial charge in [-0.05, 0) is 50.6 Å². The largest absolute Gasteiger partial charge is 0.426 e. The van der Waals surface area contributed by atoms with Gasteiger partial charge < -0.3 is 4.74 Å². The Labute approximate surface area is 176 Å². The van der Waals surface area contributed by atoms with Gasteiger partial charge in [-0.3, -0.25) is 4.57 Å². The molecular weight excluding hydrogens is 410 g/mol. The fourth-order valence-corrected chi connectivity index (χ4v) is 4.62. The second kappa shape index (κ2) is 8.98. The van der Waals surface area contributed by atoms with E-state index < -0.39 is 16.1 Å². The molecule has 1 atom stereocenters. The smallest absolute Gasteiger partial charge is 0.302 e. The van der Waals surface area contributed by atoms with E-state index in [4.69, 9.17) is 16.3 Å². The van der Waals surface area contributed by atoms with Crippen LogP contribution in [0.4, 0.5) is 0 Å². The van der Waals surface area contributed by atoms with Crippen molar-refractivity contribution in [1.82, 2.24) is 14.3 Å². The molecule has 8 heteroatoms. The quantitative estimate of drug-likeness (QED) is 0.551. The molecule has 154 valence electrons. The van der Waals surface area contributed by atoms with Gasteiger partial charge in [0.2, 0.25) is 10.0 Å². The molecule has 0 saturated carbocycles. The standard InChI is InChI=1S/C21H24ClN3O3S/c1-4-25-20(13-23-21(25)28-19-10-8-15(2)9-11-19)16(3)24-29(26,27)14-17-6-5-7-18(22)12-17/h5-13,16,24H,4,14H2,1-3H3. The van der Waals surface area contributed by atoms with Crippen LogP contribution in [0.1, 0.15) is 36.7 Å². The average Bonchev–Trinajstić information content (AvgIpc) is 3.05. The van der Waals surface area contributed by atoms with Crippen molar-refractivity contribution < 1.29 is 13.2 Å². The molecule has 0 fully saturated rings. The number of sulfonamides is 1. The summed E-state index contributed by atoms with van der Waals surface area (Å²) in [6.45, 7) is 6.34. The van der Waals surface area contributed by atoms with Gasteiger partial charge in [-0.2, -0.15) is 0 Å². The topological polar surface area (TPSA) is 73.2 Å². The molecule has 1 heterocycles. The first-order chi connectivity index (χ1) is 13.8. The molecular formula is C21H24ClN3O3S. The van der Waals surface area contributed by atoms with Gasteiger partial charge in [0.1, 0.15) is 5.75 Å². The Morgan fingerprint density at radius 2 is 1.93 bits per heavy atom. The average molecular weight is 434 g/mol. The van der Waals surface area contributed by atoms with Crippen LogP contribution in [0.15, 0.2) is 54.7 Å². The second-order valence-electron chi connectivity index (χ2n) is 6.85. The molecule has 3 aromatic rings. The lowest BCUT2D eigenvalue weighted by Gasteiger charge is -2.17. The Morgan fingerprint density at radius 3 is 2.59 bits per heavy atom. The highest BCUT2D eigenvalue weighted by Gasteiger charge is 2.21. The third-order valence-electron chi connectivity index (χ3n) is 4.44. The van der Waals surface area contributed by atoms with Gasteiger partial charge in [-0.25, -0.2) is 18.1 Å². The van der Waals surface area contributed by atoms with Crippen LogP contribution in [0, 0.1) is 6.92 Å². The van der Waals surface area contributed by atoms with E-state index >= 15 is 0 Å². The van der Waals surface area contributed by atoms with Crippen LogP contribution in [0.2, 0.25) is 5.02 Å². The van der Waals surface area contributed by atoms with Crippen molar-refractivity contribution in [3.8, 4) is 11.8 Å². The summed E-state index contributed by atoms with van der Waals surface area (Å²) in [4.78, 5) is 4.34. The molecule has 0 spiro atoms. The first kappa shape index (κ1) is 21.4. The number of rotatable bonds is 8. The maximum absolute atomic E-state index is 12.6. The number of hydrogen-bond acceptors (Lipinski definition) is 4. The molecule has 0 bridgehead atoms. The van der Waals surface area contributed by atoms with Crippen LogP contribution in [-0.4, -0.2) is 18.0 Å². The lowest BCUT2D eigenvalue weighted by Crippen LogP contribution is -2.29.